The fraction of sp³-hybridized carbons (Fsp3) is 0.545. The van der Waals surface area contributed by atoms with E-state index in [0.717, 1.165) is 23.8 Å². The van der Waals surface area contributed by atoms with E-state index in [9.17, 15) is 0 Å². The van der Waals surface area contributed by atoms with Gasteiger partial charge in [-0.2, -0.15) is 0 Å². The van der Waals surface area contributed by atoms with Gasteiger partial charge in [0.1, 0.15) is 5.82 Å². The summed E-state index contributed by atoms with van der Waals surface area (Å²) in [7, 11) is 0. The molecule has 78 valence electrons. The minimum Gasteiger partial charge on any atom is -0.370 e. The van der Waals surface area contributed by atoms with Crippen molar-refractivity contribution >= 4 is 5.82 Å². The van der Waals surface area contributed by atoms with Crippen molar-refractivity contribution < 1.29 is 0 Å². The van der Waals surface area contributed by atoms with Gasteiger partial charge in [-0.15, -0.1) is 0 Å². The number of nitrogens with one attached hydrogen (secondary N) is 1. The number of hydrogen-bond acceptors (Lipinski definition) is 3. The minimum absolute atomic E-state index is 0.555. The quantitative estimate of drug-likeness (QED) is 0.752. The highest BCUT2D eigenvalue weighted by Crippen LogP contribution is 2.05. The monoisotopic (exact) mass is 193 g/mol. The van der Waals surface area contributed by atoms with Gasteiger partial charge in [0.15, 0.2) is 0 Å². The van der Waals surface area contributed by atoms with Crippen LogP contribution >= 0.6 is 0 Å². The predicted molar refractivity (Wildman–Crippen MR) is 60.1 cm³/mol. The molecule has 1 aromatic heterocycles. The van der Waals surface area contributed by atoms with Crippen molar-refractivity contribution in [1.82, 2.24) is 4.98 Å². The number of nitrogens with two attached hydrogens (primary N) is 1. The normalized spacial score (nSPS) is 10.6. The van der Waals surface area contributed by atoms with E-state index in [1.807, 2.05) is 18.3 Å². The Bertz CT molecular complexity index is 254. The SMILES string of the molecule is CC(C)CCNc1ccc(CN)cn1. The topological polar surface area (TPSA) is 50.9 Å². The van der Waals surface area contributed by atoms with E-state index in [-0.39, 0.29) is 0 Å². The molecular weight excluding hydrogens is 174 g/mol. The van der Waals surface area contributed by atoms with Crippen LogP contribution in [0.15, 0.2) is 18.3 Å². The summed E-state index contributed by atoms with van der Waals surface area (Å²) in [5.74, 6) is 1.66. The molecule has 0 aliphatic heterocycles. The standard InChI is InChI=1S/C11H19N3/c1-9(2)5-6-13-11-4-3-10(7-12)8-14-11/h3-4,8-9H,5-7,12H2,1-2H3,(H,13,14). The first-order chi connectivity index (χ1) is 6.72. The van der Waals surface area contributed by atoms with Crippen LogP contribution in [0.1, 0.15) is 25.8 Å². The van der Waals surface area contributed by atoms with Gasteiger partial charge in [-0.1, -0.05) is 19.9 Å². The fourth-order valence-corrected chi connectivity index (χ4v) is 1.14. The van der Waals surface area contributed by atoms with Gasteiger partial charge in [0.25, 0.3) is 0 Å². The van der Waals surface area contributed by atoms with Crippen molar-refractivity contribution in [2.45, 2.75) is 26.8 Å². The first-order valence-electron chi connectivity index (χ1n) is 5.11. The van der Waals surface area contributed by atoms with Gasteiger partial charge in [-0.25, -0.2) is 4.98 Å². The lowest BCUT2D eigenvalue weighted by molar-refractivity contribution is 0.606. The number of rotatable bonds is 5. The van der Waals surface area contributed by atoms with Crippen LogP contribution < -0.4 is 11.1 Å². The fourth-order valence-electron chi connectivity index (χ4n) is 1.14. The van der Waals surface area contributed by atoms with Crippen LogP contribution in [0.3, 0.4) is 0 Å². The van der Waals surface area contributed by atoms with Crippen LogP contribution in [-0.4, -0.2) is 11.5 Å². The first-order valence-corrected chi connectivity index (χ1v) is 5.11. The van der Waals surface area contributed by atoms with Crippen molar-refractivity contribution in [1.29, 1.82) is 0 Å². The van der Waals surface area contributed by atoms with E-state index in [1.165, 1.54) is 6.42 Å². The molecule has 0 spiro atoms. The number of aromatic nitrogens is 1. The molecule has 3 N–H and O–H groups in total. The van der Waals surface area contributed by atoms with Gasteiger partial charge in [0.2, 0.25) is 0 Å². The molecule has 1 heterocycles. The highest BCUT2D eigenvalue weighted by atomic mass is 15.0. The largest absolute Gasteiger partial charge is 0.370 e. The number of nitrogens with zero attached hydrogens (tertiary/aromatic N) is 1. The van der Waals surface area contributed by atoms with Crippen LogP contribution in [-0.2, 0) is 6.54 Å². The van der Waals surface area contributed by atoms with Crippen LogP contribution in [0.5, 0.6) is 0 Å². The maximum Gasteiger partial charge on any atom is 0.125 e. The molecule has 0 saturated heterocycles. The van der Waals surface area contributed by atoms with E-state index in [4.69, 9.17) is 5.73 Å². The smallest absolute Gasteiger partial charge is 0.125 e. The Kier molecular flexibility index (Phi) is 4.40. The summed E-state index contributed by atoms with van der Waals surface area (Å²) in [6.45, 7) is 5.96. The minimum atomic E-state index is 0.555. The molecule has 0 amide bonds. The van der Waals surface area contributed by atoms with Crippen LogP contribution in [0.25, 0.3) is 0 Å². The maximum absolute atomic E-state index is 5.48. The number of hydrogen-bond donors (Lipinski definition) is 2. The molecule has 3 nitrogen and oxygen atoms in total. The molecular formula is C11H19N3. The lowest BCUT2D eigenvalue weighted by Crippen LogP contribution is -2.06. The van der Waals surface area contributed by atoms with E-state index < -0.39 is 0 Å². The molecule has 0 aliphatic rings. The van der Waals surface area contributed by atoms with Gasteiger partial charge in [-0.05, 0) is 24.0 Å². The van der Waals surface area contributed by atoms with Crippen molar-refractivity contribution in [3.63, 3.8) is 0 Å². The predicted octanol–water partition coefficient (Wildman–Crippen LogP) is 2.00. The summed E-state index contributed by atoms with van der Waals surface area (Å²) >= 11 is 0. The second-order valence-corrected chi connectivity index (χ2v) is 3.87. The third-order valence-electron chi connectivity index (χ3n) is 2.09. The summed E-state index contributed by atoms with van der Waals surface area (Å²) in [6.07, 6.45) is 2.98. The van der Waals surface area contributed by atoms with Gasteiger partial charge < -0.3 is 11.1 Å². The van der Waals surface area contributed by atoms with Crippen LogP contribution in [0.2, 0.25) is 0 Å². The molecule has 14 heavy (non-hydrogen) atoms. The average Bonchev–Trinajstić information content (AvgIpc) is 2.18. The lowest BCUT2D eigenvalue weighted by Gasteiger charge is -2.07. The Labute approximate surface area is 85.7 Å². The molecule has 0 radical (unpaired) electrons. The Morgan fingerprint density at radius 1 is 1.43 bits per heavy atom. The maximum atomic E-state index is 5.48. The summed E-state index contributed by atoms with van der Waals surface area (Å²) < 4.78 is 0. The number of anilines is 1. The van der Waals surface area contributed by atoms with Gasteiger partial charge in [0.05, 0.1) is 0 Å². The Hall–Kier alpha value is -1.09. The van der Waals surface area contributed by atoms with Gasteiger partial charge in [-0.3, -0.25) is 0 Å². The molecule has 0 bridgehead atoms. The van der Waals surface area contributed by atoms with Gasteiger partial charge in [0, 0.05) is 19.3 Å². The zero-order chi connectivity index (χ0) is 10.4. The van der Waals surface area contributed by atoms with Crippen LogP contribution in [0, 0.1) is 5.92 Å². The van der Waals surface area contributed by atoms with Crippen molar-refractivity contribution in [3.8, 4) is 0 Å². The molecule has 0 atom stereocenters. The summed E-state index contributed by atoms with van der Waals surface area (Å²) in [4.78, 5) is 4.26. The van der Waals surface area contributed by atoms with Crippen molar-refractivity contribution in [2.75, 3.05) is 11.9 Å². The lowest BCUT2D eigenvalue weighted by atomic mass is 10.1. The number of pyridine rings is 1. The van der Waals surface area contributed by atoms with E-state index >= 15 is 0 Å². The van der Waals surface area contributed by atoms with Crippen molar-refractivity contribution in [2.24, 2.45) is 11.7 Å². The molecule has 0 saturated carbocycles. The second-order valence-electron chi connectivity index (χ2n) is 3.87. The van der Waals surface area contributed by atoms with E-state index in [0.29, 0.717) is 6.54 Å². The molecule has 1 rings (SSSR count). The van der Waals surface area contributed by atoms with E-state index in [2.05, 4.69) is 24.1 Å². The highest BCUT2D eigenvalue weighted by Gasteiger charge is 1.95. The molecule has 0 fully saturated rings. The first kappa shape index (κ1) is 11.0. The van der Waals surface area contributed by atoms with Crippen LogP contribution in [0.4, 0.5) is 5.82 Å². The third kappa shape index (κ3) is 3.75. The molecule has 0 aromatic carbocycles. The Morgan fingerprint density at radius 3 is 2.71 bits per heavy atom. The molecule has 1 aromatic rings. The molecule has 0 aliphatic carbocycles. The summed E-state index contributed by atoms with van der Waals surface area (Å²) in [5, 5.41) is 3.28. The summed E-state index contributed by atoms with van der Waals surface area (Å²) in [6, 6.07) is 3.98. The zero-order valence-electron chi connectivity index (χ0n) is 8.96. The average molecular weight is 193 g/mol. The molecule has 0 unspecified atom stereocenters. The Balaban J connectivity index is 2.36. The third-order valence-corrected chi connectivity index (χ3v) is 2.09. The molecule has 3 heteroatoms. The second kappa shape index (κ2) is 5.60. The summed E-state index contributed by atoms with van der Waals surface area (Å²) in [5.41, 5.74) is 6.55. The van der Waals surface area contributed by atoms with E-state index in [1.54, 1.807) is 0 Å². The van der Waals surface area contributed by atoms with Gasteiger partial charge >= 0.3 is 0 Å². The highest BCUT2D eigenvalue weighted by molar-refractivity contribution is 5.35. The zero-order valence-corrected chi connectivity index (χ0v) is 8.96. The Morgan fingerprint density at radius 2 is 2.21 bits per heavy atom. The van der Waals surface area contributed by atoms with Crippen molar-refractivity contribution in [3.05, 3.63) is 23.9 Å².